The van der Waals surface area contributed by atoms with Crippen LogP contribution in [0, 0.1) is 3.57 Å². The van der Waals surface area contributed by atoms with Crippen LogP contribution < -0.4 is 20.2 Å². The molecular formula is C22H21F3IN3O4. The second-order valence-corrected chi connectivity index (χ2v) is 7.72. The van der Waals surface area contributed by atoms with E-state index in [0.717, 1.165) is 15.7 Å². The van der Waals surface area contributed by atoms with Crippen molar-refractivity contribution in [1.82, 2.24) is 5.43 Å². The molecule has 0 bridgehead atoms. The second kappa shape index (κ2) is 12.2. The number of carbonyl (C=O) groups excluding carboxylic acids is 2. The van der Waals surface area contributed by atoms with Crippen molar-refractivity contribution in [3.63, 3.8) is 0 Å². The largest absolute Gasteiger partial charge is 0.493 e. The summed E-state index contributed by atoms with van der Waals surface area (Å²) in [6.45, 7) is 3.92. The zero-order valence-corrected chi connectivity index (χ0v) is 19.7. The van der Waals surface area contributed by atoms with Gasteiger partial charge in [0.05, 0.1) is 22.5 Å². The molecule has 2 aromatic rings. The minimum absolute atomic E-state index is 0.00248. The number of methoxy groups -OCH3 is 1. The van der Waals surface area contributed by atoms with Crippen LogP contribution >= 0.6 is 22.6 Å². The number of halogens is 4. The fraction of sp³-hybridized carbons (Fsp3) is 0.227. The molecule has 0 spiro atoms. The number of hydrogen-bond donors (Lipinski definition) is 2. The van der Waals surface area contributed by atoms with Crippen LogP contribution in [-0.4, -0.2) is 31.7 Å². The lowest BCUT2D eigenvalue weighted by atomic mass is 10.2. The minimum Gasteiger partial charge on any atom is -0.493 e. The van der Waals surface area contributed by atoms with Crippen molar-refractivity contribution in [2.45, 2.75) is 19.0 Å². The molecule has 0 unspecified atom stereocenters. The number of ether oxygens (including phenoxy) is 2. The Labute approximate surface area is 202 Å². The monoisotopic (exact) mass is 575 g/mol. The minimum atomic E-state index is -4.51. The summed E-state index contributed by atoms with van der Waals surface area (Å²) in [6, 6.07) is 7.71. The van der Waals surface area contributed by atoms with Gasteiger partial charge in [-0.15, -0.1) is 0 Å². The van der Waals surface area contributed by atoms with Crippen molar-refractivity contribution < 1.29 is 32.2 Å². The molecule has 0 aromatic heterocycles. The van der Waals surface area contributed by atoms with Gasteiger partial charge in [-0.25, -0.2) is 5.43 Å². The van der Waals surface area contributed by atoms with Crippen molar-refractivity contribution in [1.29, 1.82) is 0 Å². The first kappa shape index (κ1) is 26.2. The number of anilines is 1. The lowest BCUT2D eigenvalue weighted by Gasteiger charge is -2.12. The molecule has 0 saturated carbocycles. The topological polar surface area (TPSA) is 89.0 Å². The first-order valence-electron chi connectivity index (χ1n) is 9.54. The zero-order chi connectivity index (χ0) is 24.4. The summed E-state index contributed by atoms with van der Waals surface area (Å²) in [5.74, 6) is -0.0744. The van der Waals surface area contributed by atoms with E-state index in [4.69, 9.17) is 9.47 Å². The Morgan fingerprint density at radius 3 is 2.58 bits per heavy atom. The Hall–Kier alpha value is -3.09. The third kappa shape index (κ3) is 8.40. The van der Waals surface area contributed by atoms with Crippen molar-refractivity contribution in [2.24, 2.45) is 5.10 Å². The Morgan fingerprint density at radius 1 is 1.18 bits per heavy atom. The van der Waals surface area contributed by atoms with Crippen LogP contribution in [0.25, 0.3) is 0 Å². The van der Waals surface area contributed by atoms with Crippen molar-refractivity contribution in [3.8, 4) is 11.5 Å². The molecule has 0 radical (unpaired) electrons. The van der Waals surface area contributed by atoms with E-state index in [9.17, 15) is 22.8 Å². The predicted molar refractivity (Wildman–Crippen MR) is 126 cm³/mol. The summed E-state index contributed by atoms with van der Waals surface area (Å²) in [5.41, 5.74) is 2.06. The molecule has 176 valence electrons. The average molecular weight is 575 g/mol. The summed E-state index contributed by atoms with van der Waals surface area (Å²) in [4.78, 5) is 23.9. The Kier molecular flexibility index (Phi) is 9.70. The molecule has 7 nitrogen and oxygen atoms in total. The highest BCUT2D eigenvalue weighted by molar-refractivity contribution is 14.1. The molecule has 33 heavy (non-hydrogen) atoms. The number of rotatable bonds is 10. The van der Waals surface area contributed by atoms with Crippen molar-refractivity contribution in [3.05, 3.63) is 63.8 Å². The number of amides is 2. The number of hydrogen-bond acceptors (Lipinski definition) is 5. The quantitative estimate of drug-likeness (QED) is 0.185. The summed E-state index contributed by atoms with van der Waals surface area (Å²) in [7, 11) is 1.50. The molecule has 2 aromatic carbocycles. The third-order valence-corrected chi connectivity index (χ3v) is 4.85. The molecule has 2 N–H and O–H groups in total. The van der Waals surface area contributed by atoms with Crippen LogP contribution in [0.3, 0.4) is 0 Å². The number of hydrazone groups is 1. The zero-order valence-electron chi connectivity index (χ0n) is 17.5. The number of alkyl halides is 3. The van der Waals surface area contributed by atoms with Crippen LogP contribution in [0.4, 0.5) is 18.9 Å². The molecule has 0 aliphatic carbocycles. The van der Waals surface area contributed by atoms with Crippen molar-refractivity contribution in [2.75, 3.05) is 19.0 Å². The van der Waals surface area contributed by atoms with Gasteiger partial charge in [0.15, 0.2) is 11.5 Å². The molecule has 0 aliphatic rings. The van der Waals surface area contributed by atoms with E-state index in [1.165, 1.54) is 25.5 Å². The first-order chi connectivity index (χ1) is 15.6. The summed E-state index contributed by atoms with van der Waals surface area (Å²) in [6.07, 6.45) is -1.92. The Morgan fingerprint density at radius 2 is 1.91 bits per heavy atom. The number of nitrogens with zero attached hydrogens (tertiary/aromatic N) is 1. The summed E-state index contributed by atoms with van der Waals surface area (Å²) in [5, 5.41) is 6.19. The van der Waals surface area contributed by atoms with Gasteiger partial charge in [0, 0.05) is 18.5 Å². The van der Waals surface area contributed by atoms with Crippen LogP contribution in [0.5, 0.6) is 11.5 Å². The van der Waals surface area contributed by atoms with Crippen LogP contribution in [-0.2, 0) is 15.8 Å². The molecular weight excluding hydrogens is 554 g/mol. The molecule has 0 heterocycles. The Balaban J connectivity index is 1.87. The molecule has 0 fully saturated rings. The lowest BCUT2D eigenvalue weighted by molar-refractivity contribution is -0.137. The molecule has 2 amide bonds. The van der Waals surface area contributed by atoms with E-state index in [1.54, 1.807) is 18.2 Å². The molecule has 11 heteroatoms. The molecule has 0 atom stereocenters. The maximum Gasteiger partial charge on any atom is 0.416 e. The fourth-order valence-corrected chi connectivity index (χ4v) is 3.34. The van der Waals surface area contributed by atoms with Gasteiger partial charge in [-0.2, -0.15) is 18.3 Å². The third-order valence-electron chi connectivity index (χ3n) is 4.05. The highest BCUT2D eigenvalue weighted by Crippen LogP contribution is 2.33. The van der Waals surface area contributed by atoms with E-state index in [-0.39, 0.29) is 18.5 Å². The second-order valence-electron chi connectivity index (χ2n) is 6.55. The number of nitrogens with one attached hydrogen (secondary N) is 2. The molecule has 0 saturated heterocycles. The van der Waals surface area contributed by atoms with Crippen LogP contribution in [0.1, 0.15) is 24.0 Å². The smallest absolute Gasteiger partial charge is 0.416 e. The van der Waals surface area contributed by atoms with Gasteiger partial charge in [-0.3, -0.25) is 9.59 Å². The van der Waals surface area contributed by atoms with E-state index >= 15 is 0 Å². The van der Waals surface area contributed by atoms with Gasteiger partial charge in [0.25, 0.3) is 0 Å². The van der Waals surface area contributed by atoms with Gasteiger partial charge >= 0.3 is 6.18 Å². The summed E-state index contributed by atoms with van der Waals surface area (Å²) >= 11 is 2.08. The summed E-state index contributed by atoms with van der Waals surface area (Å²) < 4.78 is 49.9. The van der Waals surface area contributed by atoms with Gasteiger partial charge in [-0.1, -0.05) is 18.7 Å². The average Bonchev–Trinajstić information content (AvgIpc) is 2.76. The molecule has 0 aliphatic heterocycles. The fourth-order valence-electron chi connectivity index (χ4n) is 2.56. The Bertz CT molecular complexity index is 1040. The highest BCUT2D eigenvalue weighted by Gasteiger charge is 2.30. The van der Waals surface area contributed by atoms with Gasteiger partial charge in [0.1, 0.15) is 6.61 Å². The lowest BCUT2D eigenvalue weighted by Crippen LogP contribution is -2.20. The number of benzene rings is 2. The highest BCUT2D eigenvalue weighted by atomic mass is 127. The van der Waals surface area contributed by atoms with Gasteiger partial charge < -0.3 is 14.8 Å². The van der Waals surface area contributed by atoms with E-state index in [0.29, 0.717) is 23.7 Å². The standard InChI is InChI=1S/C22H21F3IN3O4/c1-3-9-33-21-17(26)10-14(11-18(21)32-2)13-27-29-20(31)8-7-19(30)28-16-6-4-5-15(12-16)22(23,24)25/h3-6,10-13H,1,7-9H2,2H3,(H,28,30)(H,29,31). The van der Waals surface area contributed by atoms with Gasteiger partial charge in [0.2, 0.25) is 11.8 Å². The van der Waals surface area contributed by atoms with E-state index in [1.807, 2.05) is 0 Å². The number of carbonyl (C=O) groups is 2. The van der Waals surface area contributed by atoms with Gasteiger partial charge in [-0.05, 0) is 58.5 Å². The van der Waals surface area contributed by atoms with Crippen LogP contribution in [0.2, 0.25) is 0 Å². The first-order valence-corrected chi connectivity index (χ1v) is 10.6. The SMILES string of the molecule is C=CCOc1c(I)cc(C=NNC(=O)CCC(=O)Nc2cccc(C(F)(F)F)c2)cc1OC. The van der Waals surface area contributed by atoms with Crippen molar-refractivity contribution >= 4 is 46.3 Å². The molecule has 2 rings (SSSR count). The maximum atomic E-state index is 12.7. The maximum absolute atomic E-state index is 12.7. The predicted octanol–water partition coefficient (Wildman–Crippen LogP) is 4.75. The normalized spacial score (nSPS) is 11.2. The van der Waals surface area contributed by atoms with E-state index < -0.39 is 23.6 Å². The van der Waals surface area contributed by atoms with Crippen LogP contribution in [0.15, 0.2) is 54.2 Å². The van der Waals surface area contributed by atoms with E-state index in [2.05, 4.69) is 45.0 Å².